The Hall–Kier alpha value is -1.38. The minimum absolute atomic E-state index is 0.240. The van der Waals surface area contributed by atoms with Gasteiger partial charge in [0, 0.05) is 0 Å². The summed E-state index contributed by atoms with van der Waals surface area (Å²) in [5.41, 5.74) is 0.706. The highest BCUT2D eigenvalue weighted by atomic mass is 35.5. The molecule has 0 heterocycles. The molecule has 0 aromatic heterocycles. The summed E-state index contributed by atoms with van der Waals surface area (Å²) in [6.07, 6.45) is 4.57. The van der Waals surface area contributed by atoms with Gasteiger partial charge in [0.25, 0.3) is 10.5 Å². The molecule has 0 saturated carbocycles. The molecule has 4 heteroatoms. The molecule has 1 aromatic carbocycles. The summed E-state index contributed by atoms with van der Waals surface area (Å²) < 4.78 is 0. The highest BCUT2D eigenvalue weighted by Gasteiger charge is 2.11. The molecule has 0 atom stereocenters. The van der Waals surface area contributed by atoms with Crippen molar-refractivity contribution in [1.82, 2.24) is 0 Å². The summed E-state index contributed by atoms with van der Waals surface area (Å²) >= 11 is 10.3. The molecule has 0 amide bonds. The Morgan fingerprint density at radius 3 is 2.06 bits per heavy atom. The zero-order chi connectivity index (χ0) is 12.0. The van der Waals surface area contributed by atoms with E-state index in [0.29, 0.717) is 0 Å². The van der Waals surface area contributed by atoms with E-state index in [2.05, 4.69) is 0 Å². The smallest absolute Gasteiger partial charge is 0.257 e. The SMILES string of the molecule is O=C(Cl)C(=CC=Cc1ccccc1)C(=O)Cl. The van der Waals surface area contributed by atoms with Crippen LogP contribution in [0, 0.1) is 0 Å². The number of hydrogen-bond acceptors (Lipinski definition) is 2. The van der Waals surface area contributed by atoms with E-state index in [-0.39, 0.29) is 5.57 Å². The molecule has 0 bridgehead atoms. The number of carbonyl (C=O) groups excluding carboxylic acids is 2. The third-order valence-electron chi connectivity index (χ3n) is 1.77. The lowest BCUT2D eigenvalue weighted by molar-refractivity contribution is -0.113. The highest BCUT2D eigenvalue weighted by molar-refractivity contribution is 6.79. The average molecular weight is 255 g/mol. The van der Waals surface area contributed by atoms with Crippen molar-refractivity contribution in [2.75, 3.05) is 0 Å². The molecule has 82 valence electrons. The van der Waals surface area contributed by atoms with Gasteiger partial charge in [-0.1, -0.05) is 42.5 Å². The topological polar surface area (TPSA) is 34.1 Å². The summed E-state index contributed by atoms with van der Waals surface area (Å²) in [6.45, 7) is 0. The van der Waals surface area contributed by atoms with Crippen LogP contribution in [0.5, 0.6) is 0 Å². The Balaban J connectivity index is 2.82. The maximum atomic E-state index is 10.8. The highest BCUT2D eigenvalue weighted by Crippen LogP contribution is 2.07. The summed E-state index contributed by atoms with van der Waals surface area (Å²) in [6, 6.07) is 9.42. The van der Waals surface area contributed by atoms with Gasteiger partial charge in [-0.3, -0.25) is 9.59 Å². The van der Waals surface area contributed by atoms with Crippen molar-refractivity contribution >= 4 is 39.8 Å². The van der Waals surface area contributed by atoms with E-state index in [0.717, 1.165) is 5.56 Å². The number of carbonyl (C=O) groups is 2. The molecule has 0 fully saturated rings. The molecule has 0 spiro atoms. The molecule has 2 nitrogen and oxygen atoms in total. The first-order chi connectivity index (χ1) is 7.61. The summed E-state index contributed by atoms with van der Waals surface area (Å²) in [7, 11) is 0. The molecule has 0 saturated heterocycles. The molecule has 0 aliphatic heterocycles. The van der Waals surface area contributed by atoms with Gasteiger partial charge in [-0.2, -0.15) is 0 Å². The quantitative estimate of drug-likeness (QED) is 0.272. The van der Waals surface area contributed by atoms with Crippen LogP contribution in [-0.4, -0.2) is 10.5 Å². The first-order valence-electron chi connectivity index (χ1n) is 4.44. The van der Waals surface area contributed by atoms with E-state index in [4.69, 9.17) is 23.2 Å². The molecule has 0 unspecified atom stereocenters. The van der Waals surface area contributed by atoms with E-state index in [1.54, 1.807) is 12.2 Å². The molecule has 1 rings (SSSR count). The summed E-state index contributed by atoms with van der Waals surface area (Å²) in [4.78, 5) is 21.6. The van der Waals surface area contributed by atoms with Crippen LogP contribution in [0.4, 0.5) is 0 Å². The van der Waals surface area contributed by atoms with Crippen molar-refractivity contribution < 1.29 is 9.59 Å². The van der Waals surface area contributed by atoms with Crippen LogP contribution in [0.3, 0.4) is 0 Å². The van der Waals surface area contributed by atoms with E-state index in [1.165, 1.54) is 6.08 Å². The molecule has 0 radical (unpaired) electrons. The lowest BCUT2D eigenvalue weighted by atomic mass is 10.2. The fraction of sp³-hybridized carbons (Fsp3) is 0. The standard InChI is InChI=1S/C12H8Cl2O2/c13-11(15)10(12(14)16)8-4-7-9-5-2-1-3-6-9/h1-8H. The van der Waals surface area contributed by atoms with Crippen molar-refractivity contribution in [3.63, 3.8) is 0 Å². The van der Waals surface area contributed by atoms with Crippen molar-refractivity contribution in [3.8, 4) is 0 Å². The largest absolute Gasteiger partial charge is 0.275 e. The van der Waals surface area contributed by atoms with Crippen LogP contribution >= 0.6 is 23.2 Å². The minimum atomic E-state index is -0.863. The van der Waals surface area contributed by atoms with Crippen LogP contribution in [0.1, 0.15) is 5.56 Å². The van der Waals surface area contributed by atoms with Crippen molar-refractivity contribution in [2.24, 2.45) is 0 Å². The predicted octanol–water partition coefficient (Wildman–Crippen LogP) is 3.16. The molecular formula is C12H8Cl2O2. The first kappa shape index (κ1) is 12.7. The van der Waals surface area contributed by atoms with Gasteiger partial charge in [-0.15, -0.1) is 0 Å². The van der Waals surface area contributed by atoms with Crippen LogP contribution in [-0.2, 0) is 9.59 Å². The number of allylic oxidation sites excluding steroid dienone is 3. The van der Waals surface area contributed by atoms with Gasteiger partial charge in [-0.05, 0) is 34.8 Å². The third-order valence-corrected chi connectivity index (χ3v) is 2.18. The molecule has 1 aromatic rings. The van der Waals surface area contributed by atoms with Crippen LogP contribution < -0.4 is 0 Å². The van der Waals surface area contributed by atoms with Gasteiger partial charge < -0.3 is 0 Å². The molecule has 0 aliphatic carbocycles. The van der Waals surface area contributed by atoms with E-state index in [1.807, 2.05) is 30.3 Å². The van der Waals surface area contributed by atoms with Crippen molar-refractivity contribution in [3.05, 3.63) is 53.6 Å². The maximum Gasteiger partial charge on any atom is 0.257 e. The Kier molecular flexibility index (Phi) is 4.96. The molecule has 0 aliphatic rings. The Morgan fingerprint density at radius 2 is 1.56 bits per heavy atom. The molecule has 16 heavy (non-hydrogen) atoms. The number of benzene rings is 1. The number of rotatable bonds is 4. The Bertz CT molecular complexity index is 431. The van der Waals surface area contributed by atoms with Gasteiger partial charge in [0.1, 0.15) is 0 Å². The van der Waals surface area contributed by atoms with Gasteiger partial charge in [0.05, 0.1) is 5.57 Å². The van der Waals surface area contributed by atoms with Gasteiger partial charge in [-0.25, -0.2) is 0 Å². The first-order valence-corrected chi connectivity index (χ1v) is 5.20. The number of halogens is 2. The van der Waals surface area contributed by atoms with Crippen LogP contribution in [0.2, 0.25) is 0 Å². The third kappa shape index (κ3) is 4.01. The second-order valence-electron chi connectivity index (χ2n) is 2.90. The lowest BCUT2D eigenvalue weighted by Crippen LogP contribution is -2.00. The van der Waals surface area contributed by atoms with Crippen molar-refractivity contribution in [1.29, 1.82) is 0 Å². The van der Waals surface area contributed by atoms with Crippen LogP contribution in [0.25, 0.3) is 6.08 Å². The van der Waals surface area contributed by atoms with Gasteiger partial charge in [0.2, 0.25) is 0 Å². The number of hydrogen-bond donors (Lipinski definition) is 0. The summed E-state index contributed by atoms with van der Waals surface area (Å²) in [5, 5.41) is -1.73. The summed E-state index contributed by atoms with van der Waals surface area (Å²) in [5.74, 6) is 0. The van der Waals surface area contributed by atoms with Gasteiger partial charge in [0.15, 0.2) is 0 Å². The minimum Gasteiger partial charge on any atom is -0.275 e. The second-order valence-corrected chi connectivity index (χ2v) is 3.58. The maximum absolute atomic E-state index is 10.8. The molecular weight excluding hydrogens is 247 g/mol. The second kappa shape index (κ2) is 6.26. The van der Waals surface area contributed by atoms with Crippen molar-refractivity contribution in [2.45, 2.75) is 0 Å². The fourth-order valence-electron chi connectivity index (χ4n) is 1.03. The van der Waals surface area contributed by atoms with Gasteiger partial charge >= 0.3 is 0 Å². The van der Waals surface area contributed by atoms with Crippen LogP contribution in [0.15, 0.2) is 48.1 Å². The zero-order valence-corrected chi connectivity index (χ0v) is 9.70. The predicted molar refractivity (Wildman–Crippen MR) is 65.3 cm³/mol. The molecule has 0 N–H and O–H groups in total. The van der Waals surface area contributed by atoms with E-state index >= 15 is 0 Å². The van der Waals surface area contributed by atoms with E-state index < -0.39 is 10.5 Å². The average Bonchev–Trinajstić information content (AvgIpc) is 2.24. The monoisotopic (exact) mass is 254 g/mol. The Morgan fingerprint density at radius 1 is 1.00 bits per heavy atom. The van der Waals surface area contributed by atoms with E-state index in [9.17, 15) is 9.59 Å². The fourth-order valence-corrected chi connectivity index (χ4v) is 1.37. The zero-order valence-electron chi connectivity index (χ0n) is 8.19. The Labute approximate surface area is 103 Å². The lowest BCUT2D eigenvalue weighted by Gasteiger charge is -1.91. The normalized spacial score (nSPS) is 10.1.